The molecule has 1 aliphatic rings. The number of carbonyl (C=O) groups excluding carboxylic acids is 1. The average molecular weight is 302 g/mol. The van der Waals surface area contributed by atoms with E-state index in [1.807, 2.05) is 25.1 Å². The van der Waals surface area contributed by atoms with Gasteiger partial charge in [0, 0.05) is 12.2 Å². The highest BCUT2D eigenvalue weighted by molar-refractivity contribution is 6.00. The highest BCUT2D eigenvalue weighted by atomic mass is 16.5. The smallest absolute Gasteiger partial charge is 0.252 e. The van der Waals surface area contributed by atoms with Gasteiger partial charge in [0.05, 0.1) is 24.8 Å². The molecule has 116 valence electrons. The highest BCUT2D eigenvalue weighted by Gasteiger charge is 2.30. The Morgan fingerprint density at radius 3 is 3.09 bits per heavy atom. The maximum atomic E-state index is 12.6. The van der Waals surface area contributed by atoms with E-state index in [1.54, 1.807) is 6.07 Å². The van der Waals surface area contributed by atoms with Crippen molar-refractivity contribution in [2.24, 2.45) is 0 Å². The van der Waals surface area contributed by atoms with Crippen molar-refractivity contribution in [2.75, 3.05) is 19.8 Å². The summed E-state index contributed by atoms with van der Waals surface area (Å²) < 4.78 is 11.0. The average Bonchev–Trinajstić information content (AvgIpc) is 3.20. The zero-order chi connectivity index (χ0) is 15.4. The summed E-state index contributed by atoms with van der Waals surface area (Å²) in [5, 5.41) is 9.59. The van der Waals surface area contributed by atoms with Gasteiger partial charge in [-0.15, -0.1) is 0 Å². The van der Waals surface area contributed by atoms with Gasteiger partial charge in [0.2, 0.25) is 0 Å². The topological polar surface area (TPSA) is 89.1 Å². The first-order chi connectivity index (χ1) is 10.8. The molecule has 3 rings (SSSR count). The quantitative estimate of drug-likeness (QED) is 0.860. The molecule has 1 fully saturated rings. The van der Waals surface area contributed by atoms with Crippen molar-refractivity contribution in [2.45, 2.75) is 19.1 Å². The summed E-state index contributed by atoms with van der Waals surface area (Å²) in [6.45, 7) is 3.48. The van der Waals surface area contributed by atoms with Crippen molar-refractivity contribution in [3.63, 3.8) is 0 Å². The molecule has 2 heterocycles. The van der Waals surface area contributed by atoms with Gasteiger partial charge in [-0.2, -0.15) is 5.10 Å². The zero-order valence-electron chi connectivity index (χ0n) is 12.3. The Labute approximate surface area is 128 Å². The van der Waals surface area contributed by atoms with Gasteiger partial charge in [0.25, 0.3) is 5.91 Å². The molecule has 2 atom stereocenters. The van der Waals surface area contributed by atoms with E-state index >= 15 is 0 Å². The maximum Gasteiger partial charge on any atom is 0.252 e. The third-order valence-corrected chi connectivity index (χ3v) is 3.57. The van der Waals surface area contributed by atoms with Gasteiger partial charge >= 0.3 is 0 Å². The lowest BCUT2D eigenvalue weighted by Gasteiger charge is -2.19. The Kier molecular flexibility index (Phi) is 4.45. The van der Waals surface area contributed by atoms with Crippen LogP contribution in [0.4, 0.5) is 0 Å². The number of H-pyrrole nitrogens is 1. The summed E-state index contributed by atoms with van der Waals surface area (Å²) in [6.07, 6.45) is 1.31. The van der Waals surface area contributed by atoms with Crippen molar-refractivity contribution in [1.29, 1.82) is 0 Å². The van der Waals surface area contributed by atoms with Crippen LogP contribution in [0.15, 0.2) is 30.6 Å². The molecular formula is C15H18N4O3. The molecule has 1 amide bonds. The summed E-state index contributed by atoms with van der Waals surface area (Å²) in [6, 6.07) is 7.13. The molecule has 1 aromatic carbocycles. The van der Waals surface area contributed by atoms with Crippen LogP contribution in [0.5, 0.6) is 0 Å². The second-order valence-electron chi connectivity index (χ2n) is 4.99. The van der Waals surface area contributed by atoms with Crippen LogP contribution >= 0.6 is 0 Å². The first-order valence-corrected chi connectivity index (χ1v) is 7.24. The van der Waals surface area contributed by atoms with Gasteiger partial charge < -0.3 is 14.8 Å². The number of nitrogens with zero attached hydrogens (tertiary/aromatic N) is 2. The molecule has 0 bridgehead atoms. The minimum atomic E-state index is -0.174. The van der Waals surface area contributed by atoms with E-state index < -0.39 is 0 Å². The van der Waals surface area contributed by atoms with Crippen molar-refractivity contribution in [1.82, 2.24) is 20.5 Å². The molecular weight excluding hydrogens is 284 g/mol. The maximum absolute atomic E-state index is 12.6. The lowest BCUT2D eigenvalue weighted by atomic mass is 10.1. The summed E-state index contributed by atoms with van der Waals surface area (Å²) in [7, 11) is 0. The van der Waals surface area contributed by atoms with Gasteiger partial charge in [0.15, 0.2) is 5.82 Å². The molecule has 7 heteroatoms. The van der Waals surface area contributed by atoms with E-state index in [2.05, 4.69) is 20.5 Å². The number of ether oxygens (including phenoxy) is 2. The van der Waals surface area contributed by atoms with Crippen LogP contribution in [0.25, 0.3) is 11.4 Å². The van der Waals surface area contributed by atoms with Crippen LogP contribution in [-0.2, 0) is 9.47 Å². The van der Waals surface area contributed by atoms with Crippen molar-refractivity contribution in [3.05, 3.63) is 36.2 Å². The molecule has 7 nitrogen and oxygen atoms in total. The lowest BCUT2D eigenvalue weighted by molar-refractivity contribution is 0.0402. The molecule has 0 saturated carbocycles. The molecule has 0 unspecified atom stereocenters. The number of hydrogen-bond acceptors (Lipinski definition) is 5. The number of carbonyl (C=O) groups is 1. The number of amides is 1. The molecule has 22 heavy (non-hydrogen) atoms. The van der Waals surface area contributed by atoms with Crippen LogP contribution in [0, 0.1) is 0 Å². The molecule has 0 aliphatic carbocycles. The summed E-state index contributed by atoms with van der Waals surface area (Å²) in [5.74, 6) is 0.391. The van der Waals surface area contributed by atoms with Gasteiger partial charge in [-0.3, -0.25) is 9.89 Å². The second-order valence-corrected chi connectivity index (χ2v) is 4.99. The Morgan fingerprint density at radius 2 is 2.32 bits per heavy atom. The summed E-state index contributed by atoms with van der Waals surface area (Å²) >= 11 is 0. The Bertz CT molecular complexity index is 629. The van der Waals surface area contributed by atoms with Crippen molar-refractivity contribution in [3.8, 4) is 11.4 Å². The number of hydrogen-bond donors (Lipinski definition) is 2. The van der Waals surface area contributed by atoms with E-state index in [-0.39, 0.29) is 18.1 Å². The van der Waals surface area contributed by atoms with Gasteiger partial charge in [0.1, 0.15) is 12.4 Å². The Hall–Kier alpha value is -2.25. The minimum absolute atomic E-state index is 0.105. The molecule has 1 saturated heterocycles. The largest absolute Gasteiger partial charge is 0.376 e. The Morgan fingerprint density at radius 1 is 1.45 bits per heavy atom. The SMILES string of the molecule is CCO[C@H]1COC[C@@H]1NC(=O)c1ccccc1-c1ncn[nH]1. The van der Waals surface area contributed by atoms with Crippen molar-refractivity contribution >= 4 is 5.91 Å². The molecule has 1 aromatic heterocycles. The molecule has 0 spiro atoms. The summed E-state index contributed by atoms with van der Waals surface area (Å²) in [4.78, 5) is 16.7. The van der Waals surface area contributed by atoms with E-state index in [0.717, 1.165) is 0 Å². The van der Waals surface area contributed by atoms with Gasteiger partial charge in [-0.1, -0.05) is 18.2 Å². The summed E-state index contributed by atoms with van der Waals surface area (Å²) in [5.41, 5.74) is 1.26. The highest BCUT2D eigenvalue weighted by Crippen LogP contribution is 2.20. The standard InChI is InChI=1S/C15H18N4O3/c1-2-22-13-8-21-7-12(13)18-15(20)11-6-4-3-5-10(11)14-16-9-17-19-14/h3-6,9,12-13H,2,7-8H2,1H3,(H,18,20)(H,16,17,19)/t12-,13-/m0/s1. The number of aromatic amines is 1. The number of aromatic nitrogens is 3. The zero-order valence-corrected chi connectivity index (χ0v) is 12.3. The first kappa shape index (κ1) is 14.7. The van der Waals surface area contributed by atoms with Crippen LogP contribution in [0.1, 0.15) is 17.3 Å². The molecule has 1 aliphatic heterocycles. The van der Waals surface area contributed by atoms with E-state index in [4.69, 9.17) is 9.47 Å². The van der Waals surface area contributed by atoms with E-state index in [0.29, 0.717) is 36.8 Å². The van der Waals surface area contributed by atoms with Gasteiger partial charge in [-0.25, -0.2) is 4.98 Å². The van der Waals surface area contributed by atoms with Crippen LogP contribution < -0.4 is 5.32 Å². The van der Waals surface area contributed by atoms with Crippen LogP contribution in [-0.4, -0.2) is 53.1 Å². The molecule has 0 radical (unpaired) electrons. The van der Waals surface area contributed by atoms with Gasteiger partial charge in [-0.05, 0) is 13.0 Å². The molecule has 2 aromatic rings. The normalized spacial score (nSPS) is 21.0. The monoisotopic (exact) mass is 302 g/mol. The van der Waals surface area contributed by atoms with Crippen LogP contribution in [0.2, 0.25) is 0 Å². The predicted molar refractivity (Wildman–Crippen MR) is 79.3 cm³/mol. The minimum Gasteiger partial charge on any atom is -0.376 e. The Balaban J connectivity index is 1.78. The second kappa shape index (κ2) is 6.67. The van der Waals surface area contributed by atoms with Crippen molar-refractivity contribution < 1.29 is 14.3 Å². The fourth-order valence-electron chi connectivity index (χ4n) is 2.52. The fourth-order valence-corrected chi connectivity index (χ4v) is 2.52. The first-order valence-electron chi connectivity index (χ1n) is 7.24. The molecule has 2 N–H and O–H groups in total. The third-order valence-electron chi connectivity index (χ3n) is 3.57. The lowest BCUT2D eigenvalue weighted by Crippen LogP contribution is -2.43. The van der Waals surface area contributed by atoms with E-state index in [9.17, 15) is 4.79 Å². The van der Waals surface area contributed by atoms with Crippen LogP contribution in [0.3, 0.4) is 0 Å². The third kappa shape index (κ3) is 3.00. The number of rotatable bonds is 5. The predicted octanol–water partition coefficient (Wildman–Crippen LogP) is 1.01. The van der Waals surface area contributed by atoms with E-state index in [1.165, 1.54) is 6.33 Å². The number of nitrogens with one attached hydrogen (secondary N) is 2. The fraction of sp³-hybridized carbons (Fsp3) is 0.400. The number of benzene rings is 1.